The zero-order chi connectivity index (χ0) is 30.3. The maximum absolute atomic E-state index is 11.6. The first kappa shape index (κ1) is 37.0. The molecule has 1 saturated heterocycles. The monoisotopic (exact) mass is 590 g/mol. The molecule has 2 aliphatic heterocycles. The lowest BCUT2D eigenvalue weighted by Crippen LogP contribution is -2.30. The van der Waals surface area contributed by atoms with Crippen LogP contribution < -0.4 is 0 Å². The lowest BCUT2D eigenvalue weighted by atomic mass is 10.0. The van der Waals surface area contributed by atoms with Gasteiger partial charge < -0.3 is 19.7 Å². The predicted molar refractivity (Wildman–Crippen MR) is 175 cm³/mol. The van der Waals surface area contributed by atoms with Crippen molar-refractivity contribution in [3.63, 3.8) is 0 Å². The molecule has 0 spiro atoms. The minimum absolute atomic E-state index is 0.0402. The smallest absolute Gasteiger partial charge is 0.334 e. The molecule has 0 aromatic carbocycles. The van der Waals surface area contributed by atoms with Gasteiger partial charge in [-0.2, -0.15) is 0 Å². The van der Waals surface area contributed by atoms with Gasteiger partial charge in [0.25, 0.3) is 0 Å². The SMILES string of the molecule is CCCCCCCCC=CCCC(O)C1CCC(C(O)CCCCCCCCCCCCCCC2=CC(C)OC2=O)O1. The van der Waals surface area contributed by atoms with E-state index < -0.39 is 12.2 Å². The van der Waals surface area contributed by atoms with E-state index in [-0.39, 0.29) is 24.3 Å². The summed E-state index contributed by atoms with van der Waals surface area (Å²) in [4.78, 5) is 11.6. The summed E-state index contributed by atoms with van der Waals surface area (Å²) >= 11 is 0. The molecule has 0 aromatic heterocycles. The number of rotatable bonds is 27. The number of hydrogen-bond donors (Lipinski definition) is 2. The van der Waals surface area contributed by atoms with E-state index in [2.05, 4.69) is 19.1 Å². The Morgan fingerprint density at radius 1 is 0.714 bits per heavy atom. The molecule has 0 aromatic rings. The van der Waals surface area contributed by atoms with Gasteiger partial charge in [-0.05, 0) is 70.8 Å². The summed E-state index contributed by atoms with van der Waals surface area (Å²) in [6.07, 6.45) is 34.5. The van der Waals surface area contributed by atoms with E-state index in [4.69, 9.17) is 9.47 Å². The summed E-state index contributed by atoms with van der Waals surface area (Å²) < 4.78 is 11.2. The Hall–Kier alpha value is -1.17. The van der Waals surface area contributed by atoms with Crippen LogP contribution in [0.5, 0.6) is 0 Å². The van der Waals surface area contributed by atoms with E-state index in [1.807, 2.05) is 13.0 Å². The summed E-state index contributed by atoms with van der Waals surface area (Å²) in [7, 11) is 0. The number of carbonyl (C=O) groups excluding carboxylic acids is 1. The van der Waals surface area contributed by atoms with Crippen molar-refractivity contribution in [1.29, 1.82) is 0 Å². The van der Waals surface area contributed by atoms with Gasteiger partial charge in [0, 0.05) is 5.57 Å². The number of esters is 1. The standard InChI is InChI=1S/C37H66O5/c1-3-4-5-6-7-8-14-17-20-23-26-33(38)35-28-29-36(42-35)34(39)27-24-21-18-15-12-10-9-11-13-16-19-22-25-32-30-31(2)41-37(32)40/h17,20,30-31,33-36,38-39H,3-16,18-19,21-29H2,1-2H3. The number of unbranched alkanes of at least 4 members (excludes halogenated alkanes) is 17. The van der Waals surface area contributed by atoms with E-state index in [1.54, 1.807) is 0 Å². The van der Waals surface area contributed by atoms with Crippen molar-refractivity contribution in [2.45, 2.75) is 205 Å². The molecule has 1 fully saturated rings. The summed E-state index contributed by atoms with van der Waals surface area (Å²) in [6, 6.07) is 0. The van der Waals surface area contributed by atoms with Gasteiger partial charge in [-0.3, -0.25) is 0 Å². The molecule has 244 valence electrons. The van der Waals surface area contributed by atoms with Crippen molar-refractivity contribution >= 4 is 5.97 Å². The fraction of sp³-hybridized carbons (Fsp3) is 0.865. The summed E-state index contributed by atoms with van der Waals surface area (Å²) in [6.45, 7) is 4.18. The third-order valence-electron chi connectivity index (χ3n) is 9.15. The van der Waals surface area contributed by atoms with E-state index in [0.717, 1.165) is 63.4 Å². The molecule has 2 rings (SSSR count). The highest BCUT2D eigenvalue weighted by Crippen LogP contribution is 2.28. The van der Waals surface area contributed by atoms with Crippen molar-refractivity contribution in [3.05, 3.63) is 23.8 Å². The van der Waals surface area contributed by atoms with E-state index in [9.17, 15) is 15.0 Å². The zero-order valence-corrected chi connectivity index (χ0v) is 27.4. The molecule has 0 radical (unpaired) electrons. The number of carbonyl (C=O) groups is 1. The van der Waals surface area contributed by atoms with Crippen LogP contribution in [0.3, 0.4) is 0 Å². The van der Waals surface area contributed by atoms with Gasteiger partial charge in [-0.15, -0.1) is 0 Å². The Bertz CT molecular complexity index is 732. The average Bonchev–Trinajstić information content (AvgIpc) is 3.60. The topological polar surface area (TPSA) is 76.0 Å². The van der Waals surface area contributed by atoms with Crippen LogP contribution in [-0.4, -0.2) is 46.7 Å². The second-order valence-corrected chi connectivity index (χ2v) is 13.1. The maximum atomic E-state index is 11.6. The first-order valence-electron chi connectivity index (χ1n) is 18.1. The Morgan fingerprint density at radius 3 is 1.79 bits per heavy atom. The van der Waals surface area contributed by atoms with Gasteiger partial charge in [0.15, 0.2) is 0 Å². The van der Waals surface area contributed by atoms with E-state index in [0.29, 0.717) is 0 Å². The number of hydrogen-bond acceptors (Lipinski definition) is 5. The van der Waals surface area contributed by atoms with Crippen LogP contribution in [0.2, 0.25) is 0 Å². The summed E-state index contributed by atoms with van der Waals surface area (Å²) in [5, 5.41) is 21.2. The molecular formula is C37H66O5. The van der Waals surface area contributed by atoms with Gasteiger partial charge in [0.05, 0.1) is 24.4 Å². The van der Waals surface area contributed by atoms with Crippen LogP contribution in [0.4, 0.5) is 0 Å². The molecule has 42 heavy (non-hydrogen) atoms. The van der Waals surface area contributed by atoms with Gasteiger partial charge in [0.1, 0.15) is 6.10 Å². The molecule has 0 amide bonds. The summed E-state index contributed by atoms with van der Waals surface area (Å²) in [5.41, 5.74) is 0.875. The average molecular weight is 591 g/mol. The van der Waals surface area contributed by atoms with Crippen LogP contribution in [0.15, 0.2) is 23.8 Å². The Labute approximate surface area is 258 Å². The first-order valence-corrected chi connectivity index (χ1v) is 18.1. The second kappa shape index (κ2) is 24.2. The molecular weight excluding hydrogens is 524 g/mol. The maximum Gasteiger partial charge on any atom is 0.334 e. The molecule has 0 aliphatic carbocycles. The highest BCUT2D eigenvalue weighted by molar-refractivity contribution is 5.90. The lowest BCUT2D eigenvalue weighted by molar-refractivity contribution is -0.139. The van der Waals surface area contributed by atoms with Crippen molar-refractivity contribution in [2.24, 2.45) is 0 Å². The van der Waals surface area contributed by atoms with E-state index >= 15 is 0 Å². The van der Waals surface area contributed by atoms with Gasteiger partial charge >= 0.3 is 5.97 Å². The van der Waals surface area contributed by atoms with Crippen molar-refractivity contribution < 1.29 is 24.5 Å². The zero-order valence-electron chi connectivity index (χ0n) is 27.4. The van der Waals surface area contributed by atoms with Gasteiger partial charge in [-0.1, -0.05) is 122 Å². The molecule has 2 aliphatic rings. The normalized spacial score (nSPS) is 22.1. The molecule has 2 N–H and O–H groups in total. The first-order chi connectivity index (χ1) is 20.5. The molecule has 5 atom stereocenters. The Kier molecular flexibility index (Phi) is 21.3. The molecule has 5 unspecified atom stereocenters. The van der Waals surface area contributed by atoms with Crippen LogP contribution in [-0.2, 0) is 14.3 Å². The van der Waals surface area contributed by atoms with Crippen LogP contribution in [0.25, 0.3) is 0 Å². The van der Waals surface area contributed by atoms with E-state index in [1.165, 1.54) is 103 Å². The molecule has 5 heteroatoms. The fourth-order valence-electron chi connectivity index (χ4n) is 6.42. The number of cyclic esters (lactones) is 1. The fourth-order valence-corrected chi connectivity index (χ4v) is 6.42. The summed E-state index contributed by atoms with van der Waals surface area (Å²) in [5.74, 6) is -0.112. The quantitative estimate of drug-likeness (QED) is 0.0566. The second-order valence-electron chi connectivity index (χ2n) is 13.1. The molecule has 0 bridgehead atoms. The molecule has 0 saturated carbocycles. The van der Waals surface area contributed by atoms with Crippen LogP contribution >= 0.6 is 0 Å². The minimum Gasteiger partial charge on any atom is -0.455 e. The molecule has 2 heterocycles. The molecule has 5 nitrogen and oxygen atoms in total. The highest BCUT2D eigenvalue weighted by Gasteiger charge is 2.33. The Balaban J connectivity index is 1.34. The van der Waals surface area contributed by atoms with Crippen molar-refractivity contribution in [3.8, 4) is 0 Å². The minimum atomic E-state index is -0.424. The van der Waals surface area contributed by atoms with Gasteiger partial charge in [0.2, 0.25) is 0 Å². The van der Waals surface area contributed by atoms with Gasteiger partial charge in [-0.25, -0.2) is 4.79 Å². The van der Waals surface area contributed by atoms with Crippen LogP contribution in [0.1, 0.15) is 174 Å². The largest absolute Gasteiger partial charge is 0.455 e. The van der Waals surface area contributed by atoms with Crippen LogP contribution in [0, 0.1) is 0 Å². The third-order valence-corrected chi connectivity index (χ3v) is 9.15. The Morgan fingerprint density at radius 2 is 1.21 bits per heavy atom. The van der Waals surface area contributed by atoms with Crippen molar-refractivity contribution in [2.75, 3.05) is 0 Å². The third kappa shape index (κ3) is 17.2. The lowest BCUT2D eigenvalue weighted by Gasteiger charge is -2.22. The van der Waals surface area contributed by atoms with Crippen molar-refractivity contribution in [1.82, 2.24) is 0 Å². The highest BCUT2D eigenvalue weighted by atomic mass is 16.5. The number of aliphatic hydroxyl groups excluding tert-OH is 2. The number of ether oxygens (including phenoxy) is 2. The number of allylic oxidation sites excluding steroid dienone is 2. The number of aliphatic hydroxyl groups is 2. The predicted octanol–water partition coefficient (Wildman–Crippen LogP) is 9.68.